The van der Waals surface area contributed by atoms with Crippen LogP contribution in [0, 0.1) is 12.3 Å². The van der Waals surface area contributed by atoms with Crippen LogP contribution in [0.25, 0.3) is 22.0 Å². The smallest absolute Gasteiger partial charge is 0.273 e. The Hall–Kier alpha value is -3.63. The van der Waals surface area contributed by atoms with Crippen LogP contribution in [0.2, 0.25) is 0 Å². The lowest BCUT2D eigenvalue weighted by molar-refractivity contribution is 0.0741. The fourth-order valence-corrected chi connectivity index (χ4v) is 4.44. The summed E-state index contributed by atoms with van der Waals surface area (Å²) in [5, 5.41) is 10.6. The number of nitrogens with zero attached hydrogens (tertiary/aromatic N) is 4. The van der Waals surface area contributed by atoms with E-state index in [-0.39, 0.29) is 5.91 Å². The molecule has 0 aliphatic carbocycles. The molecule has 0 saturated carbocycles. The van der Waals surface area contributed by atoms with Gasteiger partial charge >= 0.3 is 0 Å². The van der Waals surface area contributed by atoms with Crippen molar-refractivity contribution in [2.24, 2.45) is 0 Å². The summed E-state index contributed by atoms with van der Waals surface area (Å²) in [5.41, 5.74) is 4.96. The quantitative estimate of drug-likeness (QED) is 0.521. The fourth-order valence-electron chi connectivity index (χ4n) is 3.84. The molecule has 6 nitrogen and oxygen atoms in total. The number of H-pyrrole nitrogens is 1. The number of nitrogens with one attached hydrogen (secondary N) is 1. The van der Waals surface area contributed by atoms with Crippen LogP contribution in [0.3, 0.4) is 0 Å². The first-order valence-corrected chi connectivity index (χ1v) is 10.6. The minimum Gasteiger partial charge on any atom is -0.368 e. The van der Waals surface area contributed by atoms with Gasteiger partial charge in [0, 0.05) is 42.6 Å². The van der Waals surface area contributed by atoms with Crippen molar-refractivity contribution < 1.29 is 4.79 Å². The number of thiazole rings is 1. The van der Waals surface area contributed by atoms with Crippen molar-refractivity contribution in [2.45, 2.75) is 0 Å². The van der Waals surface area contributed by atoms with Crippen LogP contribution in [0.4, 0.5) is 5.69 Å². The van der Waals surface area contributed by atoms with Crippen molar-refractivity contribution in [3.05, 3.63) is 64.7 Å². The van der Waals surface area contributed by atoms with Crippen LogP contribution >= 0.6 is 11.3 Å². The van der Waals surface area contributed by atoms with Gasteiger partial charge in [-0.25, -0.2) is 4.98 Å². The number of terminal acetylenes is 1. The maximum Gasteiger partial charge on any atom is 0.273 e. The maximum atomic E-state index is 12.6. The van der Waals surface area contributed by atoms with Gasteiger partial charge in [-0.1, -0.05) is 24.3 Å². The zero-order valence-corrected chi connectivity index (χ0v) is 17.0. The molecular formula is C23H19N5OS. The fraction of sp³-hybridized carbons (Fsp3) is 0.174. The highest BCUT2D eigenvalue weighted by Crippen LogP contribution is 2.29. The van der Waals surface area contributed by atoms with Gasteiger partial charge in [-0.05, 0) is 35.2 Å². The highest BCUT2D eigenvalue weighted by atomic mass is 32.1. The van der Waals surface area contributed by atoms with E-state index in [0.29, 0.717) is 23.8 Å². The summed E-state index contributed by atoms with van der Waals surface area (Å²) in [6.07, 6.45) is 7.22. The first kappa shape index (κ1) is 18.4. The largest absolute Gasteiger partial charge is 0.368 e. The van der Waals surface area contributed by atoms with Gasteiger partial charge in [0.25, 0.3) is 5.91 Å². The van der Waals surface area contributed by atoms with E-state index < -0.39 is 0 Å². The molecule has 4 aromatic rings. The summed E-state index contributed by atoms with van der Waals surface area (Å²) in [5.74, 6) is 2.44. The molecule has 1 saturated heterocycles. The number of rotatable bonds is 3. The lowest BCUT2D eigenvalue weighted by Gasteiger charge is -2.35. The van der Waals surface area contributed by atoms with Gasteiger partial charge in [0.2, 0.25) is 0 Å². The number of amides is 1. The maximum absolute atomic E-state index is 12.6. The van der Waals surface area contributed by atoms with Crippen LogP contribution in [0.1, 0.15) is 15.5 Å². The summed E-state index contributed by atoms with van der Waals surface area (Å²) in [7, 11) is 0. The molecule has 5 rings (SSSR count). The molecule has 0 atom stereocenters. The van der Waals surface area contributed by atoms with Gasteiger partial charge in [0.1, 0.15) is 5.69 Å². The van der Waals surface area contributed by atoms with E-state index in [4.69, 9.17) is 6.42 Å². The zero-order chi connectivity index (χ0) is 20.5. The number of carbonyl (C=O) groups excluding carboxylic acids is 1. The molecule has 0 spiro atoms. The first-order chi connectivity index (χ1) is 14.7. The predicted molar refractivity (Wildman–Crippen MR) is 120 cm³/mol. The Labute approximate surface area is 178 Å². The first-order valence-electron chi connectivity index (χ1n) is 9.72. The Morgan fingerprint density at radius 1 is 1.10 bits per heavy atom. The van der Waals surface area contributed by atoms with Gasteiger partial charge in [-0.3, -0.25) is 9.89 Å². The van der Waals surface area contributed by atoms with Gasteiger partial charge in [-0.2, -0.15) is 5.10 Å². The number of fused-ring (bicyclic) bond motifs is 1. The number of anilines is 1. The molecule has 1 fully saturated rings. The third-order valence-electron chi connectivity index (χ3n) is 5.44. The number of aromatic amines is 1. The molecule has 1 N–H and O–H groups in total. The third-order valence-corrected chi connectivity index (χ3v) is 6.22. The molecule has 1 aliphatic rings. The molecule has 30 heavy (non-hydrogen) atoms. The Balaban J connectivity index is 1.27. The molecule has 2 aromatic heterocycles. The van der Waals surface area contributed by atoms with Crippen molar-refractivity contribution in [1.82, 2.24) is 20.1 Å². The molecule has 1 aliphatic heterocycles. The molecule has 0 radical (unpaired) electrons. The minimum atomic E-state index is -0.0454. The Morgan fingerprint density at radius 3 is 2.63 bits per heavy atom. The summed E-state index contributed by atoms with van der Waals surface area (Å²) in [4.78, 5) is 21.0. The summed E-state index contributed by atoms with van der Waals surface area (Å²) >= 11 is 1.33. The number of benzene rings is 2. The third kappa shape index (κ3) is 3.31. The highest BCUT2D eigenvalue weighted by molar-refractivity contribution is 7.10. The zero-order valence-electron chi connectivity index (χ0n) is 16.2. The summed E-state index contributed by atoms with van der Waals surface area (Å²) in [6, 6.07) is 14.8. The number of carbonyl (C=O) groups is 1. The minimum absolute atomic E-state index is 0.0454. The van der Waals surface area contributed by atoms with Crippen molar-refractivity contribution in [3.8, 4) is 23.5 Å². The molecule has 1 amide bonds. The second-order valence-corrected chi connectivity index (χ2v) is 8.00. The molecule has 148 valence electrons. The van der Waals surface area contributed by atoms with Crippen LogP contribution in [0.15, 0.2) is 54.0 Å². The average Bonchev–Trinajstić information content (AvgIpc) is 3.48. The Kier molecular flexibility index (Phi) is 4.69. The lowest BCUT2D eigenvalue weighted by Crippen LogP contribution is -2.48. The standard InChI is InChI=1S/C23H19N5OS/c1-2-22-25-21(15-30-22)23(29)28-12-10-27(11-13-28)17-8-6-16(7-9-17)18-4-3-5-20-19(18)14-24-26-20/h1,3-9,14-15H,10-13H2,(H,24,26). The number of hydrogen-bond acceptors (Lipinski definition) is 5. The van der Waals surface area contributed by atoms with Gasteiger partial charge in [-0.15, -0.1) is 17.8 Å². The van der Waals surface area contributed by atoms with Crippen LogP contribution in [-0.2, 0) is 0 Å². The summed E-state index contributed by atoms with van der Waals surface area (Å²) < 4.78 is 0. The molecule has 2 aromatic carbocycles. The van der Waals surface area contributed by atoms with Crippen LogP contribution in [0.5, 0.6) is 0 Å². The number of hydrogen-bond donors (Lipinski definition) is 1. The molecule has 3 heterocycles. The SMILES string of the molecule is C#Cc1nc(C(=O)N2CCN(c3ccc(-c4cccc5[nH]ncc45)cc3)CC2)cs1. The van der Waals surface area contributed by atoms with E-state index in [9.17, 15) is 4.79 Å². The monoisotopic (exact) mass is 413 g/mol. The van der Waals surface area contributed by atoms with E-state index in [1.54, 1.807) is 5.38 Å². The van der Waals surface area contributed by atoms with Gasteiger partial charge in [0.05, 0.1) is 11.7 Å². The van der Waals surface area contributed by atoms with Crippen LogP contribution in [-0.4, -0.2) is 52.2 Å². The van der Waals surface area contributed by atoms with E-state index >= 15 is 0 Å². The number of aromatic nitrogens is 3. The van der Waals surface area contributed by atoms with Crippen molar-refractivity contribution in [2.75, 3.05) is 31.1 Å². The molecule has 7 heteroatoms. The Morgan fingerprint density at radius 2 is 1.90 bits per heavy atom. The molecule has 0 unspecified atom stereocenters. The van der Waals surface area contributed by atoms with E-state index in [2.05, 4.69) is 56.3 Å². The van der Waals surface area contributed by atoms with Crippen molar-refractivity contribution in [1.29, 1.82) is 0 Å². The second kappa shape index (κ2) is 7.65. The van der Waals surface area contributed by atoms with Crippen molar-refractivity contribution in [3.63, 3.8) is 0 Å². The second-order valence-electron chi connectivity index (χ2n) is 7.15. The topological polar surface area (TPSA) is 65.1 Å². The van der Waals surface area contributed by atoms with Gasteiger partial charge in [0.15, 0.2) is 5.01 Å². The predicted octanol–water partition coefficient (Wildman–Crippen LogP) is 3.63. The van der Waals surface area contributed by atoms with E-state index in [1.165, 1.54) is 11.3 Å². The normalized spacial score (nSPS) is 14.1. The highest BCUT2D eigenvalue weighted by Gasteiger charge is 2.24. The van der Waals surface area contributed by atoms with E-state index in [0.717, 1.165) is 40.8 Å². The van der Waals surface area contributed by atoms with Gasteiger partial charge < -0.3 is 9.80 Å². The van der Waals surface area contributed by atoms with E-state index in [1.807, 2.05) is 23.2 Å². The molecular weight excluding hydrogens is 394 g/mol. The average molecular weight is 414 g/mol. The summed E-state index contributed by atoms with van der Waals surface area (Å²) in [6.45, 7) is 2.90. The Bertz CT molecular complexity index is 1240. The van der Waals surface area contributed by atoms with Crippen molar-refractivity contribution >= 4 is 33.8 Å². The lowest BCUT2D eigenvalue weighted by atomic mass is 10.0. The van der Waals surface area contributed by atoms with Crippen LogP contribution < -0.4 is 4.90 Å². The number of piperazine rings is 1. The molecule has 0 bridgehead atoms.